The van der Waals surface area contributed by atoms with E-state index in [0.29, 0.717) is 0 Å². The average molecular weight is 328 g/mol. The van der Waals surface area contributed by atoms with Crippen LogP contribution in [-0.4, -0.2) is 17.2 Å². The fourth-order valence-electron chi connectivity index (χ4n) is 1.91. The minimum Gasteiger partial charge on any atom is -0.491 e. The van der Waals surface area contributed by atoms with Crippen molar-refractivity contribution in [1.82, 2.24) is 10.5 Å². The molecule has 0 unspecified atom stereocenters. The lowest BCUT2D eigenvalue weighted by atomic mass is 10.1. The van der Waals surface area contributed by atoms with Crippen LogP contribution in [0, 0.1) is 0 Å². The molecular weight excluding hydrogens is 313 g/mol. The minimum atomic E-state index is -4.55. The molecule has 0 aliphatic rings. The molecule has 0 saturated carbocycles. The molecule has 0 aliphatic carbocycles. The summed E-state index contributed by atoms with van der Waals surface area (Å²) in [5.41, 5.74) is -0.917. The molecule has 1 N–H and O–H groups in total. The van der Waals surface area contributed by atoms with Gasteiger partial charge in [0.2, 0.25) is 0 Å². The molecule has 124 valence electrons. The third kappa shape index (κ3) is 4.48. The standard InChI is InChI=1S/C15H15F3N2O3/c1-9(2)23-11-4-3-10(12(7-11)15(16,17)18)8-19-14(21)13-5-6-22-20-13/h3-7,9H,8H2,1-2H3,(H,19,21). The zero-order chi connectivity index (χ0) is 17.0. The first-order valence-electron chi connectivity index (χ1n) is 6.82. The molecule has 0 fully saturated rings. The Kier molecular flexibility index (Phi) is 4.92. The summed E-state index contributed by atoms with van der Waals surface area (Å²) in [5.74, 6) is -0.492. The fraction of sp³-hybridized carbons (Fsp3) is 0.333. The Morgan fingerprint density at radius 3 is 2.65 bits per heavy atom. The van der Waals surface area contributed by atoms with Gasteiger partial charge < -0.3 is 14.6 Å². The molecule has 23 heavy (non-hydrogen) atoms. The molecule has 0 radical (unpaired) electrons. The molecule has 8 heteroatoms. The van der Waals surface area contributed by atoms with Crippen molar-refractivity contribution in [3.63, 3.8) is 0 Å². The predicted molar refractivity (Wildman–Crippen MR) is 74.9 cm³/mol. The first kappa shape index (κ1) is 16.9. The van der Waals surface area contributed by atoms with Crippen molar-refractivity contribution < 1.29 is 27.2 Å². The van der Waals surface area contributed by atoms with Gasteiger partial charge in [-0.25, -0.2) is 0 Å². The highest BCUT2D eigenvalue weighted by atomic mass is 19.4. The third-order valence-electron chi connectivity index (χ3n) is 2.87. The molecule has 2 aromatic rings. The van der Waals surface area contributed by atoms with Gasteiger partial charge in [-0.15, -0.1) is 0 Å². The van der Waals surface area contributed by atoms with Gasteiger partial charge in [0.1, 0.15) is 12.0 Å². The highest BCUT2D eigenvalue weighted by molar-refractivity contribution is 5.91. The van der Waals surface area contributed by atoms with Crippen LogP contribution in [0.25, 0.3) is 0 Å². The largest absolute Gasteiger partial charge is 0.491 e. The topological polar surface area (TPSA) is 64.4 Å². The van der Waals surface area contributed by atoms with Crippen LogP contribution in [0.5, 0.6) is 5.75 Å². The van der Waals surface area contributed by atoms with Crippen molar-refractivity contribution in [2.75, 3.05) is 0 Å². The number of aromatic nitrogens is 1. The number of nitrogens with one attached hydrogen (secondary N) is 1. The monoisotopic (exact) mass is 328 g/mol. The van der Waals surface area contributed by atoms with Crippen LogP contribution in [0.15, 0.2) is 35.1 Å². The van der Waals surface area contributed by atoms with Gasteiger partial charge in [0.05, 0.1) is 11.7 Å². The summed E-state index contributed by atoms with van der Waals surface area (Å²) in [6, 6.07) is 4.97. The smallest absolute Gasteiger partial charge is 0.416 e. The lowest BCUT2D eigenvalue weighted by Gasteiger charge is -2.16. The molecule has 0 bridgehead atoms. The number of nitrogens with zero attached hydrogens (tertiary/aromatic N) is 1. The Morgan fingerprint density at radius 1 is 1.35 bits per heavy atom. The maximum absolute atomic E-state index is 13.2. The number of hydrogen-bond acceptors (Lipinski definition) is 4. The van der Waals surface area contributed by atoms with Gasteiger partial charge in [-0.2, -0.15) is 13.2 Å². The molecule has 5 nitrogen and oxygen atoms in total. The fourth-order valence-corrected chi connectivity index (χ4v) is 1.91. The molecule has 1 amide bonds. The first-order valence-corrected chi connectivity index (χ1v) is 6.82. The second-order valence-electron chi connectivity index (χ2n) is 5.05. The van der Waals surface area contributed by atoms with Gasteiger partial charge in [0, 0.05) is 12.6 Å². The molecule has 1 aromatic heterocycles. The lowest BCUT2D eigenvalue weighted by molar-refractivity contribution is -0.138. The van der Waals surface area contributed by atoms with Crippen molar-refractivity contribution in [1.29, 1.82) is 0 Å². The van der Waals surface area contributed by atoms with Gasteiger partial charge in [-0.3, -0.25) is 4.79 Å². The van der Waals surface area contributed by atoms with E-state index in [2.05, 4.69) is 15.0 Å². The Labute approximate surface area is 130 Å². The van der Waals surface area contributed by atoms with Gasteiger partial charge in [-0.1, -0.05) is 11.2 Å². The summed E-state index contributed by atoms with van der Waals surface area (Å²) in [5, 5.41) is 5.79. The zero-order valence-electron chi connectivity index (χ0n) is 12.5. The number of carbonyl (C=O) groups is 1. The molecule has 0 saturated heterocycles. The lowest BCUT2D eigenvalue weighted by Crippen LogP contribution is -2.24. The minimum absolute atomic E-state index is 0.00156. The number of rotatable bonds is 5. The van der Waals surface area contributed by atoms with E-state index >= 15 is 0 Å². The van der Waals surface area contributed by atoms with Crippen LogP contribution in [0.2, 0.25) is 0 Å². The van der Waals surface area contributed by atoms with E-state index in [1.54, 1.807) is 13.8 Å². The van der Waals surface area contributed by atoms with Crippen LogP contribution < -0.4 is 10.1 Å². The van der Waals surface area contributed by atoms with Crippen molar-refractivity contribution in [2.45, 2.75) is 32.7 Å². The maximum atomic E-state index is 13.2. The molecule has 0 atom stereocenters. The third-order valence-corrected chi connectivity index (χ3v) is 2.87. The number of carbonyl (C=O) groups excluding carboxylic acids is 1. The molecule has 2 rings (SSSR count). The van der Waals surface area contributed by atoms with Gasteiger partial charge in [0.25, 0.3) is 5.91 Å². The second kappa shape index (κ2) is 6.72. The maximum Gasteiger partial charge on any atom is 0.416 e. The summed E-state index contributed by atoms with van der Waals surface area (Å²) in [6.45, 7) is 3.15. The average Bonchev–Trinajstić information content (AvgIpc) is 2.98. The second-order valence-corrected chi connectivity index (χ2v) is 5.05. The van der Waals surface area contributed by atoms with E-state index in [-0.39, 0.29) is 29.7 Å². The summed E-state index contributed by atoms with van der Waals surface area (Å²) in [7, 11) is 0. The number of halogens is 3. The molecular formula is C15H15F3N2O3. The predicted octanol–water partition coefficient (Wildman–Crippen LogP) is 3.41. The molecule has 0 aliphatic heterocycles. The van der Waals surface area contributed by atoms with E-state index in [1.165, 1.54) is 24.5 Å². The summed E-state index contributed by atoms with van der Waals surface area (Å²) in [6.07, 6.45) is -3.59. The summed E-state index contributed by atoms with van der Waals surface area (Å²) in [4.78, 5) is 11.7. The van der Waals surface area contributed by atoms with E-state index in [9.17, 15) is 18.0 Å². The summed E-state index contributed by atoms with van der Waals surface area (Å²) < 4.78 is 49.3. The van der Waals surface area contributed by atoms with Gasteiger partial charge in [0.15, 0.2) is 5.69 Å². The van der Waals surface area contributed by atoms with E-state index < -0.39 is 17.6 Å². The molecule has 1 aromatic carbocycles. The zero-order valence-corrected chi connectivity index (χ0v) is 12.5. The van der Waals surface area contributed by atoms with Crippen LogP contribution >= 0.6 is 0 Å². The number of ether oxygens (including phenoxy) is 1. The Balaban J connectivity index is 2.18. The normalized spacial score (nSPS) is 11.6. The number of amides is 1. The van der Waals surface area contributed by atoms with Gasteiger partial charge in [-0.05, 0) is 31.5 Å². The molecule has 0 spiro atoms. The van der Waals surface area contributed by atoms with Crippen LogP contribution in [0.1, 0.15) is 35.5 Å². The van der Waals surface area contributed by atoms with E-state index in [1.807, 2.05) is 0 Å². The SMILES string of the molecule is CC(C)Oc1ccc(CNC(=O)c2ccon2)c(C(F)(F)F)c1. The number of benzene rings is 1. The quantitative estimate of drug-likeness (QED) is 0.913. The van der Waals surface area contributed by atoms with Crippen molar-refractivity contribution in [3.05, 3.63) is 47.3 Å². The van der Waals surface area contributed by atoms with E-state index in [0.717, 1.165) is 6.07 Å². The Morgan fingerprint density at radius 2 is 2.09 bits per heavy atom. The number of alkyl halides is 3. The molecule has 1 heterocycles. The van der Waals surface area contributed by atoms with Crippen molar-refractivity contribution >= 4 is 5.91 Å². The highest BCUT2D eigenvalue weighted by Gasteiger charge is 2.34. The highest BCUT2D eigenvalue weighted by Crippen LogP contribution is 2.34. The Bertz CT molecular complexity index is 667. The first-order chi connectivity index (χ1) is 10.8. The Hall–Kier alpha value is -2.51. The van der Waals surface area contributed by atoms with Crippen LogP contribution in [-0.2, 0) is 12.7 Å². The summed E-state index contributed by atoms with van der Waals surface area (Å²) >= 11 is 0. The van der Waals surface area contributed by atoms with Crippen molar-refractivity contribution in [3.8, 4) is 5.75 Å². The van der Waals surface area contributed by atoms with Crippen LogP contribution in [0.3, 0.4) is 0 Å². The van der Waals surface area contributed by atoms with Crippen LogP contribution in [0.4, 0.5) is 13.2 Å². The van der Waals surface area contributed by atoms with Gasteiger partial charge >= 0.3 is 6.18 Å². The van der Waals surface area contributed by atoms with Crippen molar-refractivity contribution in [2.24, 2.45) is 0 Å². The number of hydrogen-bond donors (Lipinski definition) is 1. The van der Waals surface area contributed by atoms with E-state index in [4.69, 9.17) is 4.74 Å².